The van der Waals surface area contributed by atoms with Gasteiger partial charge in [-0.3, -0.25) is 0 Å². The summed E-state index contributed by atoms with van der Waals surface area (Å²) in [5.41, 5.74) is 5.86. The largest absolute Gasteiger partial charge is 0.477 e. The van der Waals surface area contributed by atoms with Crippen molar-refractivity contribution < 1.29 is 17.9 Å². The van der Waals surface area contributed by atoms with Gasteiger partial charge in [0.2, 0.25) is 5.88 Å². The molecule has 0 aromatic carbocycles. The molecule has 1 fully saturated rings. The molecule has 0 bridgehead atoms. The lowest BCUT2D eigenvalue weighted by Crippen LogP contribution is -2.39. The molecule has 2 aromatic heterocycles. The van der Waals surface area contributed by atoms with Crippen molar-refractivity contribution in [2.24, 2.45) is 11.3 Å². The lowest BCUT2D eigenvalue weighted by molar-refractivity contribution is -0.139. The number of nitrogens with two attached hydrogens (primary N) is 1. The van der Waals surface area contributed by atoms with Crippen LogP contribution in [0.4, 0.5) is 24.5 Å². The SMILES string of the molecule is CNc1cc(-c2cnc(OCCC3CCN(CC(C)(C)C)CC3)c(C(F)(F)F)c2)nc(C#N)c1N. The summed E-state index contributed by atoms with van der Waals surface area (Å²) < 4.78 is 47.0. The van der Waals surface area contributed by atoms with Gasteiger partial charge < -0.3 is 20.7 Å². The Balaban J connectivity index is 1.70. The molecule has 0 aliphatic carbocycles. The van der Waals surface area contributed by atoms with Crippen LogP contribution in [0.25, 0.3) is 11.3 Å². The quantitative estimate of drug-likeness (QED) is 0.551. The topological polar surface area (TPSA) is 100 Å². The predicted molar refractivity (Wildman–Crippen MR) is 130 cm³/mol. The first-order valence-electron chi connectivity index (χ1n) is 11.7. The Morgan fingerprint density at radius 1 is 1.23 bits per heavy atom. The van der Waals surface area contributed by atoms with Crippen molar-refractivity contribution in [2.45, 2.75) is 46.2 Å². The molecule has 1 aliphatic rings. The monoisotopic (exact) mass is 490 g/mol. The van der Waals surface area contributed by atoms with Crippen LogP contribution >= 0.6 is 0 Å². The number of anilines is 2. The molecule has 10 heteroatoms. The van der Waals surface area contributed by atoms with E-state index in [1.165, 1.54) is 12.3 Å². The molecule has 0 atom stereocenters. The molecule has 35 heavy (non-hydrogen) atoms. The minimum absolute atomic E-state index is 0.0747. The van der Waals surface area contributed by atoms with Crippen molar-refractivity contribution in [1.82, 2.24) is 14.9 Å². The van der Waals surface area contributed by atoms with Crippen LogP contribution in [0.2, 0.25) is 0 Å². The molecule has 0 amide bonds. The number of likely N-dealkylation sites (tertiary alicyclic amines) is 1. The van der Waals surface area contributed by atoms with E-state index in [0.29, 0.717) is 18.0 Å². The highest BCUT2D eigenvalue weighted by Crippen LogP contribution is 2.38. The van der Waals surface area contributed by atoms with Gasteiger partial charge in [0.1, 0.15) is 11.6 Å². The Morgan fingerprint density at radius 2 is 1.91 bits per heavy atom. The number of nitrogen functional groups attached to an aromatic ring is 1. The Bertz CT molecular complexity index is 1070. The summed E-state index contributed by atoms with van der Waals surface area (Å²) in [6.07, 6.45) is -0.685. The maximum atomic E-state index is 13.8. The highest BCUT2D eigenvalue weighted by molar-refractivity contribution is 5.77. The van der Waals surface area contributed by atoms with Crippen LogP contribution in [-0.4, -0.2) is 48.2 Å². The second-order valence-corrected chi connectivity index (χ2v) is 10.2. The molecule has 0 saturated carbocycles. The van der Waals surface area contributed by atoms with Crippen molar-refractivity contribution in [3.8, 4) is 23.2 Å². The Morgan fingerprint density at radius 3 is 2.49 bits per heavy atom. The molecule has 3 heterocycles. The normalized spacial score (nSPS) is 15.6. The van der Waals surface area contributed by atoms with E-state index in [-0.39, 0.29) is 34.7 Å². The zero-order chi connectivity index (χ0) is 25.8. The first-order chi connectivity index (χ1) is 16.4. The summed E-state index contributed by atoms with van der Waals surface area (Å²) in [6, 6.07) is 4.30. The second-order valence-electron chi connectivity index (χ2n) is 10.2. The first-order valence-corrected chi connectivity index (χ1v) is 11.7. The maximum absolute atomic E-state index is 13.8. The van der Waals surface area contributed by atoms with Gasteiger partial charge in [-0.2, -0.15) is 18.4 Å². The molecule has 7 nitrogen and oxygen atoms in total. The van der Waals surface area contributed by atoms with Crippen LogP contribution < -0.4 is 15.8 Å². The number of halogens is 3. The van der Waals surface area contributed by atoms with E-state index >= 15 is 0 Å². The van der Waals surface area contributed by atoms with E-state index < -0.39 is 17.6 Å². The van der Waals surface area contributed by atoms with E-state index in [2.05, 4.69) is 41.0 Å². The van der Waals surface area contributed by atoms with E-state index in [4.69, 9.17) is 10.5 Å². The summed E-state index contributed by atoms with van der Waals surface area (Å²) in [7, 11) is 1.60. The number of aromatic nitrogens is 2. The first kappa shape index (κ1) is 26.5. The minimum Gasteiger partial charge on any atom is -0.477 e. The van der Waals surface area contributed by atoms with Gasteiger partial charge in [0.15, 0.2) is 5.69 Å². The van der Waals surface area contributed by atoms with Gasteiger partial charge in [0.05, 0.1) is 23.7 Å². The molecule has 0 unspecified atom stereocenters. The van der Waals surface area contributed by atoms with Gasteiger partial charge in [0.25, 0.3) is 0 Å². The number of pyridine rings is 2. The fraction of sp³-hybridized carbons (Fsp3) is 0.560. The smallest absolute Gasteiger partial charge is 0.421 e. The van der Waals surface area contributed by atoms with Crippen LogP contribution in [0.3, 0.4) is 0 Å². The minimum atomic E-state index is -4.66. The Kier molecular flexibility index (Phi) is 8.11. The molecular formula is C25H33F3N6O. The van der Waals surface area contributed by atoms with Crippen LogP contribution in [0, 0.1) is 22.7 Å². The number of hydrogen-bond donors (Lipinski definition) is 2. The summed E-state index contributed by atoms with van der Waals surface area (Å²) in [5.74, 6) is -0.0283. The lowest BCUT2D eigenvalue weighted by Gasteiger charge is -2.35. The number of nitriles is 1. The van der Waals surface area contributed by atoms with Crippen molar-refractivity contribution in [3.63, 3.8) is 0 Å². The molecule has 3 rings (SSSR count). The molecule has 3 N–H and O–H groups in total. The third-order valence-electron chi connectivity index (χ3n) is 6.06. The molecule has 190 valence electrons. The number of nitrogens with one attached hydrogen (secondary N) is 1. The number of hydrogen-bond acceptors (Lipinski definition) is 7. The molecule has 1 aliphatic heterocycles. The average Bonchev–Trinajstić information content (AvgIpc) is 2.79. The van der Waals surface area contributed by atoms with E-state index in [0.717, 1.165) is 38.5 Å². The van der Waals surface area contributed by atoms with E-state index in [1.807, 2.05) is 6.07 Å². The van der Waals surface area contributed by atoms with Crippen molar-refractivity contribution in [3.05, 3.63) is 29.6 Å². The third kappa shape index (κ3) is 6.98. The lowest BCUT2D eigenvalue weighted by atomic mass is 9.90. The van der Waals surface area contributed by atoms with Gasteiger partial charge in [-0.05, 0) is 55.8 Å². The fourth-order valence-electron chi connectivity index (χ4n) is 4.33. The molecule has 2 aromatic rings. The third-order valence-corrected chi connectivity index (χ3v) is 6.06. The van der Waals surface area contributed by atoms with Crippen molar-refractivity contribution >= 4 is 11.4 Å². The van der Waals surface area contributed by atoms with Gasteiger partial charge >= 0.3 is 6.18 Å². The van der Waals surface area contributed by atoms with Gasteiger partial charge in [-0.1, -0.05) is 20.8 Å². The number of piperidine rings is 1. The van der Waals surface area contributed by atoms with Gasteiger partial charge in [-0.25, -0.2) is 9.97 Å². The standard InChI is InChI=1S/C25H33F3N6O/c1-24(2,3)15-34-8-5-16(6-9-34)7-10-35-23-18(25(26,27)28)11-17(14-32-23)19-12-20(31-4)22(30)21(13-29)33-19/h11-12,14,16H,5-10,15,30H2,1-4H3,(H,31,33). The number of ether oxygens (including phenoxy) is 1. The van der Waals surface area contributed by atoms with Crippen LogP contribution in [0.15, 0.2) is 18.3 Å². The van der Waals surface area contributed by atoms with Crippen LogP contribution in [0.1, 0.15) is 51.3 Å². The number of nitrogens with zero attached hydrogens (tertiary/aromatic N) is 4. The summed E-state index contributed by atoms with van der Waals surface area (Å²) >= 11 is 0. The zero-order valence-electron chi connectivity index (χ0n) is 20.7. The summed E-state index contributed by atoms with van der Waals surface area (Å²) in [6.45, 7) is 9.85. The van der Waals surface area contributed by atoms with Crippen LogP contribution in [0.5, 0.6) is 5.88 Å². The van der Waals surface area contributed by atoms with E-state index in [1.54, 1.807) is 7.05 Å². The predicted octanol–water partition coefficient (Wildman–Crippen LogP) is 5.18. The molecular weight excluding hydrogens is 457 g/mol. The zero-order valence-corrected chi connectivity index (χ0v) is 20.7. The number of rotatable bonds is 7. The van der Waals surface area contributed by atoms with Gasteiger partial charge in [-0.15, -0.1) is 0 Å². The highest BCUT2D eigenvalue weighted by atomic mass is 19.4. The Labute approximate surface area is 204 Å². The highest BCUT2D eigenvalue weighted by Gasteiger charge is 2.36. The van der Waals surface area contributed by atoms with Crippen molar-refractivity contribution in [1.29, 1.82) is 5.26 Å². The van der Waals surface area contributed by atoms with E-state index in [9.17, 15) is 18.4 Å². The summed E-state index contributed by atoms with van der Waals surface area (Å²) in [4.78, 5) is 10.5. The van der Waals surface area contributed by atoms with Crippen molar-refractivity contribution in [2.75, 3.05) is 44.3 Å². The number of alkyl halides is 3. The fourth-order valence-corrected chi connectivity index (χ4v) is 4.33. The maximum Gasteiger partial charge on any atom is 0.421 e. The molecule has 0 spiro atoms. The Hall–Kier alpha value is -3.06. The molecule has 1 saturated heterocycles. The second kappa shape index (κ2) is 10.7. The average molecular weight is 491 g/mol. The van der Waals surface area contributed by atoms with Gasteiger partial charge in [0, 0.05) is 25.4 Å². The summed E-state index contributed by atoms with van der Waals surface area (Å²) in [5, 5.41) is 12.1. The molecule has 0 radical (unpaired) electrons. The van der Waals surface area contributed by atoms with Crippen LogP contribution in [-0.2, 0) is 6.18 Å².